The fourth-order valence-corrected chi connectivity index (χ4v) is 2.08. The van der Waals surface area contributed by atoms with Crippen LogP contribution in [-0.2, 0) is 0 Å². The van der Waals surface area contributed by atoms with Crippen LogP contribution in [0.4, 0.5) is 0 Å². The van der Waals surface area contributed by atoms with Crippen molar-refractivity contribution in [1.29, 1.82) is 0 Å². The second-order valence-corrected chi connectivity index (χ2v) is 6.66. The van der Waals surface area contributed by atoms with Gasteiger partial charge in [-0.2, -0.15) is 0 Å². The van der Waals surface area contributed by atoms with Gasteiger partial charge in [-0.05, 0) is 24.7 Å². The normalized spacial score (nSPS) is 13.9. The molecule has 0 aromatic rings. The summed E-state index contributed by atoms with van der Waals surface area (Å²) in [4.78, 5) is 0. The quantitative estimate of drug-likeness (QED) is 0.514. The Hall–Kier alpha value is -0.0400. The van der Waals surface area contributed by atoms with E-state index < -0.39 is 0 Å². The van der Waals surface area contributed by atoms with E-state index in [0.29, 0.717) is 5.41 Å². The maximum atomic E-state index is 9.85. The molecule has 0 saturated heterocycles. The molecule has 1 heteroatoms. The molecule has 0 fully saturated rings. The van der Waals surface area contributed by atoms with Crippen molar-refractivity contribution in [2.75, 3.05) is 0 Å². The average molecular weight is 242 g/mol. The van der Waals surface area contributed by atoms with Gasteiger partial charge in [0, 0.05) is 0 Å². The Bertz CT molecular complexity index is 157. The van der Waals surface area contributed by atoms with Gasteiger partial charge >= 0.3 is 0 Å². The molecule has 0 aliphatic heterocycles. The molecule has 0 heterocycles. The van der Waals surface area contributed by atoms with Gasteiger partial charge in [0.05, 0.1) is 6.10 Å². The van der Waals surface area contributed by atoms with Gasteiger partial charge < -0.3 is 5.11 Å². The van der Waals surface area contributed by atoms with E-state index in [1.165, 1.54) is 44.9 Å². The maximum absolute atomic E-state index is 9.85. The van der Waals surface area contributed by atoms with Crippen LogP contribution in [0.5, 0.6) is 0 Å². The van der Waals surface area contributed by atoms with Gasteiger partial charge in [0.2, 0.25) is 0 Å². The highest BCUT2D eigenvalue weighted by molar-refractivity contribution is 4.65. The summed E-state index contributed by atoms with van der Waals surface area (Å²) < 4.78 is 0. The van der Waals surface area contributed by atoms with Gasteiger partial charge in [-0.3, -0.25) is 0 Å². The van der Waals surface area contributed by atoms with Gasteiger partial charge in [-0.1, -0.05) is 72.6 Å². The smallest absolute Gasteiger partial charge is 0.0540 e. The number of aliphatic hydroxyl groups is 1. The van der Waals surface area contributed by atoms with Crippen molar-refractivity contribution >= 4 is 0 Å². The highest BCUT2D eigenvalue weighted by Gasteiger charge is 2.13. The molecule has 0 aromatic heterocycles. The minimum absolute atomic E-state index is 0.0649. The van der Waals surface area contributed by atoms with Crippen LogP contribution >= 0.6 is 0 Å². The van der Waals surface area contributed by atoms with E-state index in [2.05, 4.69) is 27.7 Å². The summed E-state index contributed by atoms with van der Waals surface area (Å²) in [6, 6.07) is 0. The fraction of sp³-hybridized carbons (Fsp3) is 1.00. The molecule has 0 aliphatic carbocycles. The molecule has 0 saturated carbocycles. The molecule has 104 valence electrons. The van der Waals surface area contributed by atoms with Crippen LogP contribution in [0, 0.1) is 5.41 Å². The maximum Gasteiger partial charge on any atom is 0.0540 e. The van der Waals surface area contributed by atoms with E-state index in [-0.39, 0.29) is 6.10 Å². The lowest BCUT2D eigenvalue weighted by Gasteiger charge is -2.20. The molecule has 0 spiro atoms. The Balaban J connectivity index is 3.25. The number of hydrogen-bond donors (Lipinski definition) is 1. The first-order valence-corrected chi connectivity index (χ1v) is 7.64. The van der Waals surface area contributed by atoms with Crippen molar-refractivity contribution in [3.63, 3.8) is 0 Å². The predicted octanol–water partition coefficient (Wildman–Crippen LogP) is 5.31. The van der Waals surface area contributed by atoms with Crippen LogP contribution < -0.4 is 0 Å². The van der Waals surface area contributed by atoms with Gasteiger partial charge in [0.15, 0.2) is 0 Å². The van der Waals surface area contributed by atoms with Gasteiger partial charge in [-0.15, -0.1) is 0 Å². The van der Waals surface area contributed by atoms with E-state index in [9.17, 15) is 5.11 Å². The molecule has 0 amide bonds. The summed E-state index contributed by atoms with van der Waals surface area (Å²) in [5.74, 6) is 0. The van der Waals surface area contributed by atoms with Crippen LogP contribution in [0.15, 0.2) is 0 Å². The van der Waals surface area contributed by atoms with E-state index in [1.54, 1.807) is 0 Å². The fourth-order valence-electron chi connectivity index (χ4n) is 2.08. The Labute approximate surface area is 109 Å². The van der Waals surface area contributed by atoms with E-state index in [0.717, 1.165) is 19.3 Å². The molecular formula is C16H34O. The lowest BCUT2D eigenvalue weighted by atomic mass is 9.88. The predicted molar refractivity (Wildman–Crippen MR) is 77.3 cm³/mol. The first-order chi connectivity index (χ1) is 7.95. The van der Waals surface area contributed by atoms with Crippen molar-refractivity contribution < 1.29 is 5.11 Å². The zero-order valence-corrected chi connectivity index (χ0v) is 12.6. The number of aliphatic hydroxyl groups excluding tert-OH is 1. The number of unbranched alkanes of at least 4 members (excludes halogenated alkanes) is 6. The third kappa shape index (κ3) is 13.9. The third-order valence-corrected chi connectivity index (χ3v) is 3.37. The van der Waals surface area contributed by atoms with Crippen LogP contribution in [0.3, 0.4) is 0 Å². The average Bonchev–Trinajstić information content (AvgIpc) is 2.24. The highest BCUT2D eigenvalue weighted by atomic mass is 16.3. The minimum atomic E-state index is -0.0649. The summed E-state index contributed by atoms with van der Waals surface area (Å²) in [7, 11) is 0. The molecule has 1 unspecified atom stereocenters. The molecule has 0 bridgehead atoms. The molecule has 0 rings (SSSR count). The van der Waals surface area contributed by atoms with Gasteiger partial charge in [0.25, 0.3) is 0 Å². The summed E-state index contributed by atoms with van der Waals surface area (Å²) in [6.07, 6.45) is 12.4. The van der Waals surface area contributed by atoms with Crippen molar-refractivity contribution in [2.45, 2.75) is 98.0 Å². The SMILES string of the molecule is CCCCCCCCCC(O)CCC(C)(C)C. The molecule has 0 radical (unpaired) electrons. The monoisotopic (exact) mass is 242 g/mol. The van der Waals surface area contributed by atoms with E-state index >= 15 is 0 Å². The molecular weight excluding hydrogens is 208 g/mol. The summed E-state index contributed by atoms with van der Waals surface area (Å²) >= 11 is 0. The molecule has 0 aliphatic rings. The molecule has 17 heavy (non-hydrogen) atoms. The van der Waals surface area contributed by atoms with Crippen LogP contribution in [0.1, 0.15) is 91.9 Å². The second-order valence-electron chi connectivity index (χ2n) is 6.66. The van der Waals surface area contributed by atoms with Crippen LogP contribution in [-0.4, -0.2) is 11.2 Å². The second kappa shape index (κ2) is 9.94. The standard InChI is InChI=1S/C16H34O/c1-5-6-7-8-9-10-11-12-15(17)13-14-16(2,3)4/h15,17H,5-14H2,1-4H3. The third-order valence-electron chi connectivity index (χ3n) is 3.37. The minimum Gasteiger partial charge on any atom is -0.393 e. The first-order valence-electron chi connectivity index (χ1n) is 7.64. The molecule has 1 nitrogen and oxygen atoms in total. The highest BCUT2D eigenvalue weighted by Crippen LogP contribution is 2.23. The summed E-state index contributed by atoms with van der Waals surface area (Å²) in [5, 5.41) is 9.85. The van der Waals surface area contributed by atoms with Gasteiger partial charge in [0.1, 0.15) is 0 Å². The summed E-state index contributed by atoms with van der Waals surface area (Å²) in [6.45, 7) is 8.99. The van der Waals surface area contributed by atoms with Crippen molar-refractivity contribution in [3.8, 4) is 0 Å². The lowest BCUT2D eigenvalue weighted by molar-refractivity contribution is 0.133. The Kier molecular flexibility index (Phi) is 9.91. The Morgan fingerprint density at radius 2 is 1.35 bits per heavy atom. The zero-order valence-electron chi connectivity index (χ0n) is 12.6. The van der Waals surface area contributed by atoms with Crippen molar-refractivity contribution in [2.24, 2.45) is 5.41 Å². The molecule has 1 N–H and O–H groups in total. The van der Waals surface area contributed by atoms with Crippen molar-refractivity contribution in [1.82, 2.24) is 0 Å². The largest absolute Gasteiger partial charge is 0.393 e. The first kappa shape index (κ1) is 17.0. The van der Waals surface area contributed by atoms with Gasteiger partial charge in [-0.25, -0.2) is 0 Å². The van der Waals surface area contributed by atoms with Crippen LogP contribution in [0.25, 0.3) is 0 Å². The van der Waals surface area contributed by atoms with Crippen LogP contribution in [0.2, 0.25) is 0 Å². The zero-order chi connectivity index (χ0) is 13.1. The lowest BCUT2D eigenvalue weighted by Crippen LogP contribution is -2.12. The topological polar surface area (TPSA) is 20.2 Å². The Morgan fingerprint density at radius 3 is 1.88 bits per heavy atom. The van der Waals surface area contributed by atoms with Crippen molar-refractivity contribution in [3.05, 3.63) is 0 Å². The van der Waals surface area contributed by atoms with E-state index in [1.807, 2.05) is 0 Å². The number of rotatable bonds is 10. The molecule has 0 aromatic carbocycles. The number of hydrogen-bond acceptors (Lipinski definition) is 1. The Morgan fingerprint density at radius 1 is 0.824 bits per heavy atom. The van der Waals surface area contributed by atoms with E-state index in [4.69, 9.17) is 0 Å². The molecule has 1 atom stereocenters. The summed E-state index contributed by atoms with van der Waals surface area (Å²) in [5.41, 5.74) is 0.362.